The highest BCUT2D eigenvalue weighted by Crippen LogP contribution is 2.42. The summed E-state index contributed by atoms with van der Waals surface area (Å²) in [5, 5.41) is 2.89. The lowest BCUT2D eigenvalue weighted by atomic mass is 9.94. The summed E-state index contributed by atoms with van der Waals surface area (Å²) in [6.07, 6.45) is -0.118. The molecule has 4 amide bonds. The summed E-state index contributed by atoms with van der Waals surface area (Å²) in [5.74, 6) is 0.524. The molecule has 0 radical (unpaired) electrons. The summed E-state index contributed by atoms with van der Waals surface area (Å²) < 4.78 is 16.6. The average Bonchev–Trinajstić information content (AvgIpc) is 3.11. The van der Waals surface area contributed by atoms with Gasteiger partial charge in [-0.3, -0.25) is 14.5 Å². The van der Waals surface area contributed by atoms with Gasteiger partial charge in [-0.05, 0) is 19.9 Å². The van der Waals surface area contributed by atoms with Gasteiger partial charge in [0.2, 0.25) is 5.91 Å². The number of hydrogen-bond donors (Lipinski definition) is 1. The zero-order valence-corrected chi connectivity index (χ0v) is 19.6. The fourth-order valence-electron chi connectivity index (χ4n) is 4.77. The molecule has 0 unspecified atom stereocenters. The smallest absolute Gasteiger partial charge is 0.322 e. The number of methoxy groups -OCH3 is 2. The van der Waals surface area contributed by atoms with Crippen molar-refractivity contribution in [1.82, 2.24) is 20.0 Å². The van der Waals surface area contributed by atoms with Crippen molar-refractivity contribution < 1.29 is 28.6 Å². The van der Waals surface area contributed by atoms with Crippen LogP contribution in [0, 0.1) is 0 Å². The molecular weight excluding hydrogens is 428 g/mol. The van der Waals surface area contributed by atoms with Crippen molar-refractivity contribution in [3.8, 4) is 11.5 Å². The molecule has 0 aliphatic carbocycles. The van der Waals surface area contributed by atoms with E-state index >= 15 is 0 Å². The van der Waals surface area contributed by atoms with Gasteiger partial charge in [-0.2, -0.15) is 0 Å². The van der Waals surface area contributed by atoms with Gasteiger partial charge in [0.25, 0.3) is 5.91 Å². The number of amides is 4. The zero-order chi connectivity index (χ0) is 23.9. The minimum absolute atomic E-state index is 0.0591. The Hall–Kier alpha value is -3.27. The van der Waals surface area contributed by atoms with E-state index in [1.165, 1.54) is 24.0 Å². The molecule has 1 saturated heterocycles. The molecule has 1 aromatic carbocycles. The van der Waals surface area contributed by atoms with Crippen molar-refractivity contribution in [2.24, 2.45) is 0 Å². The minimum Gasteiger partial charge on any atom is -0.493 e. The maximum atomic E-state index is 13.5. The standard InChI is InChI=1S/C23H30N4O6/c1-13-9-26(10-14(2)33-13)18(28)12-27-11-16-19(22(27)29)20(24-23(30)25(16)3)15-7-6-8-17(31-4)21(15)32-5/h6-8,13-14,20H,9-12H2,1-5H3,(H,24,30)/t13-,14-,20+/m1/s1. The summed E-state index contributed by atoms with van der Waals surface area (Å²) >= 11 is 0. The number of ether oxygens (including phenoxy) is 3. The number of hydrogen-bond acceptors (Lipinski definition) is 6. The summed E-state index contributed by atoms with van der Waals surface area (Å²) in [6, 6.07) is 4.27. The largest absolute Gasteiger partial charge is 0.493 e. The molecule has 33 heavy (non-hydrogen) atoms. The molecule has 4 rings (SSSR count). The molecule has 0 saturated carbocycles. The van der Waals surface area contributed by atoms with E-state index in [0.29, 0.717) is 41.4 Å². The van der Waals surface area contributed by atoms with Gasteiger partial charge in [0.15, 0.2) is 11.5 Å². The Balaban J connectivity index is 1.61. The van der Waals surface area contributed by atoms with Crippen LogP contribution in [0.5, 0.6) is 11.5 Å². The van der Waals surface area contributed by atoms with Gasteiger partial charge in [0, 0.05) is 25.7 Å². The third-order valence-corrected chi connectivity index (χ3v) is 6.28. The highest BCUT2D eigenvalue weighted by molar-refractivity contribution is 6.03. The first-order valence-corrected chi connectivity index (χ1v) is 11.0. The van der Waals surface area contributed by atoms with E-state index in [4.69, 9.17) is 14.2 Å². The first kappa shape index (κ1) is 22.9. The van der Waals surface area contributed by atoms with Crippen molar-refractivity contribution >= 4 is 17.8 Å². The Bertz CT molecular complexity index is 999. The quantitative estimate of drug-likeness (QED) is 0.710. The second kappa shape index (κ2) is 8.93. The fraction of sp³-hybridized carbons (Fsp3) is 0.522. The van der Waals surface area contributed by atoms with Crippen LogP contribution in [-0.2, 0) is 14.3 Å². The molecule has 1 fully saturated rings. The van der Waals surface area contributed by atoms with Crippen LogP contribution in [0.15, 0.2) is 29.5 Å². The zero-order valence-electron chi connectivity index (χ0n) is 19.6. The molecule has 3 atom stereocenters. The third kappa shape index (κ3) is 4.10. The number of benzene rings is 1. The molecule has 10 heteroatoms. The monoisotopic (exact) mass is 458 g/mol. The van der Waals surface area contributed by atoms with Crippen LogP contribution < -0.4 is 14.8 Å². The van der Waals surface area contributed by atoms with Crippen LogP contribution in [0.1, 0.15) is 25.5 Å². The maximum absolute atomic E-state index is 13.5. The molecule has 0 aromatic heterocycles. The van der Waals surface area contributed by atoms with Gasteiger partial charge in [-0.1, -0.05) is 12.1 Å². The van der Waals surface area contributed by atoms with Crippen molar-refractivity contribution in [3.63, 3.8) is 0 Å². The van der Waals surface area contributed by atoms with E-state index in [0.717, 1.165) is 0 Å². The Morgan fingerprint density at radius 2 is 1.85 bits per heavy atom. The molecule has 3 heterocycles. The topological polar surface area (TPSA) is 101 Å². The van der Waals surface area contributed by atoms with E-state index in [-0.39, 0.29) is 43.1 Å². The molecule has 3 aliphatic rings. The molecule has 1 aromatic rings. The van der Waals surface area contributed by atoms with Crippen LogP contribution in [0.4, 0.5) is 4.79 Å². The highest BCUT2D eigenvalue weighted by Gasteiger charge is 2.44. The van der Waals surface area contributed by atoms with E-state index in [1.54, 1.807) is 30.1 Å². The maximum Gasteiger partial charge on any atom is 0.322 e. The van der Waals surface area contributed by atoms with E-state index < -0.39 is 6.04 Å². The third-order valence-electron chi connectivity index (χ3n) is 6.28. The molecule has 0 bridgehead atoms. The number of nitrogens with zero attached hydrogens (tertiary/aromatic N) is 3. The Morgan fingerprint density at radius 1 is 1.15 bits per heavy atom. The van der Waals surface area contributed by atoms with Crippen molar-refractivity contribution in [2.75, 3.05) is 47.4 Å². The predicted octanol–water partition coefficient (Wildman–Crippen LogP) is 1.13. The SMILES string of the molecule is COc1cccc([C@@H]2NC(=O)N(C)C3=C2C(=O)N(CC(=O)N2C[C@@H](C)O[C@H](C)C2)C3)c1OC. The van der Waals surface area contributed by atoms with E-state index in [1.807, 2.05) is 13.8 Å². The number of rotatable bonds is 5. The van der Waals surface area contributed by atoms with Crippen LogP contribution >= 0.6 is 0 Å². The summed E-state index contributed by atoms with van der Waals surface area (Å²) in [6.45, 7) is 4.95. The Labute approximate surface area is 193 Å². The summed E-state index contributed by atoms with van der Waals surface area (Å²) in [5.41, 5.74) is 1.62. The van der Waals surface area contributed by atoms with Crippen LogP contribution in [0.3, 0.4) is 0 Å². The molecule has 178 valence electrons. The van der Waals surface area contributed by atoms with Gasteiger partial charge in [0.1, 0.15) is 6.54 Å². The minimum atomic E-state index is -0.718. The second-order valence-corrected chi connectivity index (χ2v) is 8.60. The van der Waals surface area contributed by atoms with Gasteiger partial charge in [-0.15, -0.1) is 0 Å². The van der Waals surface area contributed by atoms with Crippen molar-refractivity contribution in [3.05, 3.63) is 35.0 Å². The first-order chi connectivity index (χ1) is 15.7. The summed E-state index contributed by atoms with van der Waals surface area (Å²) in [7, 11) is 4.66. The van der Waals surface area contributed by atoms with Crippen LogP contribution in [-0.4, -0.2) is 92.2 Å². The number of morpholine rings is 1. The average molecular weight is 459 g/mol. The molecule has 0 spiro atoms. The first-order valence-electron chi connectivity index (χ1n) is 11.0. The predicted molar refractivity (Wildman–Crippen MR) is 119 cm³/mol. The van der Waals surface area contributed by atoms with Gasteiger partial charge in [-0.25, -0.2) is 4.79 Å². The van der Waals surface area contributed by atoms with E-state index in [2.05, 4.69) is 5.32 Å². The van der Waals surface area contributed by atoms with E-state index in [9.17, 15) is 14.4 Å². The number of carbonyl (C=O) groups excluding carboxylic acids is 3. The molecule has 10 nitrogen and oxygen atoms in total. The van der Waals surface area contributed by atoms with Gasteiger partial charge in [0.05, 0.1) is 50.3 Å². The molecule has 1 N–H and O–H groups in total. The molecular formula is C23H30N4O6. The Kier molecular flexibility index (Phi) is 6.20. The highest BCUT2D eigenvalue weighted by atomic mass is 16.5. The van der Waals surface area contributed by atoms with Crippen molar-refractivity contribution in [1.29, 1.82) is 0 Å². The van der Waals surface area contributed by atoms with Gasteiger partial charge >= 0.3 is 6.03 Å². The number of carbonyl (C=O) groups is 3. The molecule has 3 aliphatic heterocycles. The van der Waals surface area contributed by atoms with Crippen LogP contribution in [0.25, 0.3) is 0 Å². The lowest BCUT2D eigenvalue weighted by Crippen LogP contribution is -2.51. The lowest BCUT2D eigenvalue weighted by molar-refractivity contribution is -0.146. The number of para-hydroxylation sites is 1. The Morgan fingerprint density at radius 3 is 2.48 bits per heavy atom. The summed E-state index contributed by atoms with van der Waals surface area (Å²) in [4.78, 5) is 43.9. The van der Waals surface area contributed by atoms with Crippen LogP contribution in [0.2, 0.25) is 0 Å². The number of urea groups is 1. The normalized spacial score (nSPS) is 25.2. The number of nitrogens with one attached hydrogen (secondary N) is 1. The number of likely N-dealkylation sites (N-methyl/N-ethyl adjacent to an activating group) is 1. The second-order valence-electron chi connectivity index (χ2n) is 8.60. The fourth-order valence-corrected chi connectivity index (χ4v) is 4.77. The van der Waals surface area contributed by atoms with Gasteiger partial charge < -0.3 is 29.3 Å². The lowest BCUT2D eigenvalue weighted by Gasteiger charge is -2.36. The van der Waals surface area contributed by atoms with Crippen molar-refractivity contribution in [2.45, 2.75) is 32.1 Å².